The molecule has 22 heavy (non-hydrogen) atoms. The number of Topliss-reactive ketones (excluding diaryl/α,β-unsaturated/α-hetero) is 1. The monoisotopic (exact) mass is 425 g/mol. The third kappa shape index (κ3) is 3.75. The molecule has 0 aliphatic carbocycles. The van der Waals surface area contributed by atoms with Crippen LogP contribution >= 0.6 is 31.9 Å². The molecule has 0 radical (unpaired) electrons. The molecule has 0 spiro atoms. The molecule has 2 N–H and O–H groups in total. The van der Waals surface area contributed by atoms with Crippen LogP contribution in [0.5, 0.6) is 0 Å². The Balaban J connectivity index is 2.13. The van der Waals surface area contributed by atoms with Crippen molar-refractivity contribution >= 4 is 49.3 Å². The molecule has 1 atom stereocenters. The second-order valence-corrected chi connectivity index (χ2v) is 6.34. The number of ether oxygens (including phenoxy) is 1. The van der Waals surface area contributed by atoms with Crippen LogP contribution in [-0.4, -0.2) is 17.9 Å². The molecular formula is C16H13Br2NO3. The Hall–Kier alpha value is -1.66. The second kappa shape index (κ2) is 7.07. The molecule has 0 aliphatic heterocycles. The van der Waals surface area contributed by atoms with E-state index in [4.69, 9.17) is 10.5 Å². The maximum Gasteiger partial charge on any atom is 0.338 e. The molecule has 0 aromatic heterocycles. The van der Waals surface area contributed by atoms with Gasteiger partial charge < -0.3 is 10.5 Å². The number of esters is 1. The minimum atomic E-state index is -0.870. The summed E-state index contributed by atoms with van der Waals surface area (Å²) in [5.74, 6) is -0.833. The van der Waals surface area contributed by atoms with Crippen LogP contribution < -0.4 is 5.73 Å². The first kappa shape index (κ1) is 16.7. The molecule has 2 aromatic carbocycles. The first-order valence-electron chi connectivity index (χ1n) is 6.45. The maximum atomic E-state index is 12.2. The number of nitrogens with two attached hydrogens (primary N) is 1. The quantitative estimate of drug-likeness (QED) is 0.451. The molecule has 0 saturated heterocycles. The van der Waals surface area contributed by atoms with Crippen molar-refractivity contribution in [1.29, 1.82) is 0 Å². The van der Waals surface area contributed by atoms with Gasteiger partial charge in [-0.05, 0) is 50.9 Å². The van der Waals surface area contributed by atoms with Gasteiger partial charge in [0.2, 0.25) is 5.78 Å². The number of carbonyl (C=O) groups excluding carboxylic acids is 2. The standard InChI is InChI=1S/C16H13Br2NO3/c1-9(15(20)10-5-3-2-4-6-10)22-16(21)11-7-12(17)14(19)13(18)8-11/h2-9H,19H2,1H3. The molecule has 0 amide bonds. The van der Waals surface area contributed by atoms with Crippen molar-refractivity contribution in [2.45, 2.75) is 13.0 Å². The topological polar surface area (TPSA) is 69.4 Å². The number of carbonyl (C=O) groups is 2. The first-order valence-corrected chi connectivity index (χ1v) is 8.03. The number of anilines is 1. The van der Waals surface area contributed by atoms with Gasteiger partial charge >= 0.3 is 5.97 Å². The van der Waals surface area contributed by atoms with Gasteiger partial charge in [-0.15, -0.1) is 0 Å². The van der Waals surface area contributed by atoms with Crippen LogP contribution in [0.3, 0.4) is 0 Å². The zero-order valence-electron chi connectivity index (χ0n) is 11.7. The Morgan fingerprint density at radius 1 is 1.05 bits per heavy atom. The van der Waals surface area contributed by atoms with E-state index in [9.17, 15) is 9.59 Å². The van der Waals surface area contributed by atoms with Crippen molar-refractivity contribution in [2.75, 3.05) is 5.73 Å². The van der Waals surface area contributed by atoms with E-state index in [0.29, 0.717) is 25.8 Å². The minimum Gasteiger partial charge on any atom is -0.451 e. The Morgan fingerprint density at radius 3 is 2.14 bits per heavy atom. The Labute approximate surface area is 144 Å². The van der Waals surface area contributed by atoms with Crippen LogP contribution in [0.25, 0.3) is 0 Å². The minimum absolute atomic E-state index is 0.248. The highest BCUT2D eigenvalue weighted by Gasteiger charge is 2.21. The lowest BCUT2D eigenvalue weighted by Crippen LogP contribution is -2.24. The predicted molar refractivity (Wildman–Crippen MR) is 91.9 cm³/mol. The molecule has 4 nitrogen and oxygen atoms in total. The Bertz CT molecular complexity index is 694. The molecule has 2 rings (SSSR count). The average molecular weight is 427 g/mol. The lowest BCUT2D eigenvalue weighted by molar-refractivity contribution is 0.0318. The highest BCUT2D eigenvalue weighted by atomic mass is 79.9. The molecule has 6 heteroatoms. The number of ketones is 1. The molecule has 1 unspecified atom stereocenters. The zero-order chi connectivity index (χ0) is 16.3. The van der Waals surface area contributed by atoms with Gasteiger partial charge in [0.05, 0.1) is 11.3 Å². The Morgan fingerprint density at radius 2 is 1.59 bits per heavy atom. The summed E-state index contributed by atoms with van der Waals surface area (Å²) in [6, 6.07) is 11.8. The summed E-state index contributed by atoms with van der Waals surface area (Å²) in [7, 11) is 0. The van der Waals surface area contributed by atoms with E-state index in [-0.39, 0.29) is 5.78 Å². The van der Waals surface area contributed by atoms with Crippen molar-refractivity contribution in [3.05, 3.63) is 62.5 Å². The summed E-state index contributed by atoms with van der Waals surface area (Å²) in [4.78, 5) is 24.3. The molecule has 0 heterocycles. The predicted octanol–water partition coefficient (Wildman–Crippen LogP) is 4.22. The molecule has 0 fully saturated rings. The fraction of sp³-hybridized carbons (Fsp3) is 0.125. The van der Waals surface area contributed by atoms with Crippen molar-refractivity contribution in [2.24, 2.45) is 0 Å². The smallest absolute Gasteiger partial charge is 0.338 e. The van der Waals surface area contributed by atoms with E-state index in [1.54, 1.807) is 43.3 Å². The van der Waals surface area contributed by atoms with Gasteiger partial charge in [0, 0.05) is 14.5 Å². The molecule has 0 bridgehead atoms. The fourth-order valence-corrected chi connectivity index (χ4v) is 3.01. The van der Waals surface area contributed by atoms with E-state index in [1.165, 1.54) is 0 Å². The number of hydrogen-bond acceptors (Lipinski definition) is 4. The van der Waals surface area contributed by atoms with Gasteiger partial charge in [0.15, 0.2) is 6.10 Å². The summed E-state index contributed by atoms with van der Waals surface area (Å²) in [5.41, 5.74) is 7.08. The van der Waals surface area contributed by atoms with Crippen LogP contribution in [0.1, 0.15) is 27.6 Å². The molecule has 0 aliphatic rings. The van der Waals surface area contributed by atoms with Crippen LogP contribution in [-0.2, 0) is 4.74 Å². The first-order chi connectivity index (χ1) is 10.4. The summed E-state index contributed by atoms with van der Waals surface area (Å²) in [5, 5.41) is 0. The third-order valence-corrected chi connectivity index (χ3v) is 4.34. The number of nitrogen functional groups attached to an aromatic ring is 1. The second-order valence-electron chi connectivity index (χ2n) is 4.63. The summed E-state index contributed by atoms with van der Waals surface area (Å²) < 4.78 is 6.39. The highest BCUT2D eigenvalue weighted by Crippen LogP contribution is 2.30. The van der Waals surface area contributed by atoms with Gasteiger partial charge in [-0.25, -0.2) is 4.79 Å². The summed E-state index contributed by atoms with van der Waals surface area (Å²) >= 11 is 6.53. The Kier molecular flexibility index (Phi) is 5.37. The maximum absolute atomic E-state index is 12.2. The SMILES string of the molecule is CC(OC(=O)c1cc(Br)c(N)c(Br)c1)C(=O)c1ccccc1. The van der Waals surface area contributed by atoms with Gasteiger partial charge in [0.1, 0.15) is 0 Å². The third-order valence-electron chi connectivity index (χ3n) is 3.03. The van der Waals surface area contributed by atoms with E-state index >= 15 is 0 Å². The van der Waals surface area contributed by atoms with Crippen LogP contribution in [0, 0.1) is 0 Å². The van der Waals surface area contributed by atoms with E-state index < -0.39 is 12.1 Å². The van der Waals surface area contributed by atoms with Crippen LogP contribution in [0.2, 0.25) is 0 Å². The molecule has 2 aromatic rings. The van der Waals surface area contributed by atoms with Gasteiger partial charge in [-0.2, -0.15) is 0 Å². The molecular weight excluding hydrogens is 414 g/mol. The number of rotatable bonds is 4. The fourth-order valence-electron chi connectivity index (χ4n) is 1.82. The van der Waals surface area contributed by atoms with Crippen LogP contribution in [0.15, 0.2) is 51.4 Å². The largest absolute Gasteiger partial charge is 0.451 e. The number of halogens is 2. The van der Waals surface area contributed by atoms with Crippen molar-refractivity contribution in [3.63, 3.8) is 0 Å². The van der Waals surface area contributed by atoms with Crippen molar-refractivity contribution in [1.82, 2.24) is 0 Å². The number of benzene rings is 2. The van der Waals surface area contributed by atoms with Gasteiger partial charge in [-0.1, -0.05) is 30.3 Å². The van der Waals surface area contributed by atoms with E-state index in [1.807, 2.05) is 6.07 Å². The zero-order valence-corrected chi connectivity index (χ0v) is 14.8. The lowest BCUT2D eigenvalue weighted by Gasteiger charge is -2.13. The summed E-state index contributed by atoms with van der Waals surface area (Å²) in [6.45, 7) is 1.55. The normalized spacial score (nSPS) is 11.8. The van der Waals surface area contributed by atoms with E-state index in [0.717, 1.165) is 0 Å². The van der Waals surface area contributed by atoms with Crippen molar-refractivity contribution in [3.8, 4) is 0 Å². The van der Waals surface area contributed by atoms with Crippen molar-refractivity contribution < 1.29 is 14.3 Å². The average Bonchev–Trinajstić information content (AvgIpc) is 2.52. The lowest BCUT2D eigenvalue weighted by atomic mass is 10.1. The van der Waals surface area contributed by atoms with E-state index in [2.05, 4.69) is 31.9 Å². The van der Waals surface area contributed by atoms with Gasteiger partial charge in [-0.3, -0.25) is 4.79 Å². The van der Waals surface area contributed by atoms with Crippen LogP contribution in [0.4, 0.5) is 5.69 Å². The summed E-state index contributed by atoms with van der Waals surface area (Å²) in [6.07, 6.45) is -0.870. The molecule has 0 saturated carbocycles. The highest BCUT2D eigenvalue weighted by molar-refractivity contribution is 9.11. The molecule has 114 valence electrons. The van der Waals surface area contributed by atoms with Gasteiger partial charge in [0.25, 0.3) is 0 Å². The number of hydrogen-bond donors (Lipinski definition) is 1.